The second-order valence-corrected chi connectivity index (χ2v) is 3.97. The Bertz CT molecular complexity index is 574. The molecule has 2 rings (SSSR count). The summed E-state index contributed by atoms with van der Waals surface area (Å²) in [5.41, 5.74) is 0.778. The molecule has 0 amide bonds. The fourth-order valence-electron chi connectivity index (χ4n) is 1.56. The monoisotopic (exact) mass is 253 g/mol. The number of Topliss-reactive ketones (excluding diaryl/α,β-unsaturated/α-hetero) is 1. The molecule has 17 heavy (non-hydrogen) atoms. The summed E-state index contributed by atoms with van der Waals surface area (Å²) >= 11 is 5.91. The van der Waals surface area contributed by atoms with E-state index in [0.717, 1.165) is 0 Å². The van der Waals surface area contributed by atoms with Gasteiger partial charge in [-0.1, -0.05) is 22.9 Å². The van der Waals surface area contributed by atoms with Crippen LogP contribution in [0.25, 0.3) is 5.69 Å². The molecule has 0 unspecified atom stereocenters. The molecule has 0 aliphatic carbocycles. The van der Waals surface area contributed by atoms with Crippen molar-refractivity contribution in [3.05, 3.63) is 40.4 Å². The smallest absolute Gasteiger partial charge is 0.181 e. The van der Waals surface area contributed by atoms with Gasteiger partial charge in [0.15, 0.2) is 11.5 Å². The highest BCUT2D eigenvalue weighted by Crippen LogP contribution is 2.24. The molecular weight excluding hydrogens is 245 g/mol. The summed E-state index contributed by atoms with van der Waals surface area (Å²) in [4.78, 5) is 11.2. The van der Waals surface area contributed by atoms with E-state index in [0.29, 0.717) is 5.69 Å². The third-order valence-corrected chi connectivity index (χ3v) is 2.68. The lowest BCUT2D eigenvalue weighted by Crippen LogP contribution is -2.04. The number of carbonyl (C=O) groups is 1. The van der Waals surface area contributed by atoms with Gasteiger partial charge in [-0.25, -0.2) is 9.07 Å². The summed E-state index contributed by atoms with van der Waals surface area (Å²) in [6.07, 6.45) is 0. The standard InChI is InChI=1S/C11H9ClFN3O/c1-6-10(7(2)17)14-15-16(6)11-8(12)4-3-5-9(11)13/h3-5H,1-2H3. The van der Waals surface area contributed by atoms with Crippen molar-refractivity contribution in [2.24, 2.45) is 0 Å². The van der Waals surface area contributed by atoms with Crippen molar-refractivity contribution < 1.29 is 9.18 Å². The lowest BCUT2D eigenvalue weighted by molar-refractivity contribution is 0.101. The lowest BCUT2D eigenvalue weighted by atomic mass is 10.2. The van der Waals surface area contributed by atoms with Gasteiger partial charge in [-0.3, -0.25) is 4.79 Å². The van der Waals surface area contributed by atoms with Gasteiger partial charge in [-0.05, 0) is 19.1 Å². The number of hydrogen-bond acceptors (Lipinski definition) is 3. The fourth-order valence-corrected chi connectivity index (χ4v) is 1.80. The van der Waals surface area contributed by atoms with Gasteiger partial charge in [-0.15, -0.1) is 5.10 Å². The first kappa shape index (κ1) is 11.7. The topological polar surface area (TPSA) is 47.8 Å². The molecule has 1 heterocycles. The van der Waals surface area contributed by atoms with Crippen LogP contribution >= 0.6 is 11.6 Å². The molecule has 0 fully saturated rings. The number of aromatic nitrogens is 3. The van der Waals surface area contributed by atoms with E-state index in [2.05, 4.69) is 10.3 Å². The minimum atomic E-state index is -0.513. The van der Waals surface area contributed by atoms with Crippen LogP contribution in [0.3, 0.4) is 0 Å². The van der Waals surface area contributed by atoms with Crippen LogP contribution in [-0.2, 0) is 0 Å². The maximum atomic E-state index is 13.7. The molecule has 0 aliphatic heterocycles. The zero-order valence-electron chi connectivity index (χ0n) is 9.24. The number of rotatable bonds is 2. The van der Waals surface area contributed by atoms with Gasteiger partial charge in [0.25, 0.3) is 0 Å². The second kappa shape index (κ2) is 4.25. The third-order valence-electron chi connectivity index (χ3n) is 2.38. The third kappa shape index (κ3) is 1.93. The van der Waals surface area contributed by atoms with Crippen LogP contribution in [0.1, 0.15) is 23.1 Å². The number of halogens is 2. The average Bonchev–Trinajstić information content (AvgIpc) is 2.61. The Balaban J connectivity index is 2.66. The van der Waals surface area contributed by atoms with Crippen molar-refractivity contribution in [2.75, 3.05) is 0 Å². The normalized spacial score (nSPS) is 10.6. The second-order valence-electron chi connectivity index (χ2n) is 3.56. The van der Waals surface area contributed by atoms with E-state index in [4.69, 9.17) is 11.6 Å². The molecule has 1 aromatic heterocycles. The summed E-state index contributed by atoms with van der Waals surface area (Å²) in [6.45, 7) is 3.02. The Labute approximate surface area is 102 Å². The van der Waals surface area contributed by atoms with E-state index in [1.54, 1.807) is 13.0 Å². The maximum Gasteiger partial charge on any atom is 0.181 e. The predicted octanol–water partition coefficient (Wildman–Crippen LogP) is 2.57. The molecule has 0 atom stereocenters. The molecule has 6 heteroatoms. The highest BCUT2D eigenvalue weighted by atomic mass is 35.5. The number of benzene rings is 1. The Morgan fingerprint density at radius 3 is 2.71 bits per heavy atom. The molecule has 0 bridgehead atoms. The Morgan fingerprint density at radius 2 is 2.18 bits per heavy atom. The molecule has 0 saturated carbocycles. The largest absolute Gasteiger partial charge is 0.293 e. The minimum absolute atomic E-state index is 0.103. The van der Waals surface area contributed by atoms with Crippen LogP contribution in [0.4, 0.5) is 4.39 Å². The van der Waals surface area contributed by atoms with Gasteiger partial charge < -0.3 is 0 Å². The maximum absolute atomic E-state index is 13.7. The molecule has 2 aromatic rings. The molecule has 88 valence electrons. The molecular formula is C11H9ClFN3O. The van der Waals surface area contributed by atoms with Gasteiger partial charge in [0.1, 0.15) is 11.5 Å². The first-order valence-electron chi connectivity index (χ1n) is 4.90. The van der Waals surface area contributed by atoms with Crippen LogP contribution < -0.4 is 0 Å². The van der Waals surface area contributed by atoms with E-state index in [9.17, 15) is 9.18 Å². The number of nitrogens with zero attached hydrogens (tertiary/aromatic N) is 3. The lowest BCUT2D eigenvalue weighted by Gasteiger charge is -2.06. The van der Waals surface area contributed by atoms with Gasteiger partial charge in [0, 0.05) is 6.92 Å². The Hall–Kier alpha value is -1.75. The SMILES string of the molecule is CC(=O)c1nnn(-c2c(F)cccc2Cl)c1C. The van der Waals surface area contributed by atoms with Crippen molar-refractivity contribution in [1.29, 1.82) is 0 Å². The quantitative estimate of drug-likeness (QED) is 0.773. The van der Waals surface area contributed by atoms with Crippen molar-refractivity contribution in [1.82, 2.24) is 15.0 Å². The summed E-state index contributed by atoms with van der Waals surface area (Å²) in [5.74, 6) is -0.734. The van der Waals surface area contributed by atoms with Crippen LogP contribution in [0.2, 0.25) is 5.02 Å². The molecule has 1 aromatic carbocycles. The van der Waals surface area contributed by atoms with Gasteiger partial charge in [-0.2, -0.15) is 0 Å². The highest BCUT2D eigenvalue weighted by Gasteiger charge is 2.17. The van der Waals surface area contributed by atoms with E-state index >= 15 is 0 Å². The minimum Gasteiger partial charge on any atom is -0.293 e. The average molecular weight is 254 g/mol. The Kier molecular flexibility index (Phi) is 2.93. The summed E-state index contributed by atoms with van der Waals surface area (Å²) in [6, 6.07) is 4.32. The summed E-state index contributed by atoms with van der Waals surface area (Å²) in [7, 11) is 0. The van der Waals surface area contributed by atoms with Crippen molar-refractivity contribution >= 4 is 17.4 Å². The van der Waals surface area contributed by atoms with Crippen LogP contribution in [0.15, 0.2) is 18.2 Å². The van der Waals surface area contributed by atoms with Crippen LogP contribution in [-0.4, -0.2) is 20.8 Å². The highest BCUT2D eigenvalue weighted by molar-refractivity contribution is 6.32. The molecule has 0 N–H and O–H groups in total. The van der Waals surface area contributed by atoms with E-state index < -0.39 is 5.82 Å². The zero-order chi connectivity index (χ0) is 12.6. The first-order valence-corrected chi connectivity index (χ1v) is 5.27. The number of para-hydroxylation sites is 1. The van der Waals surface area contributed by atoms with Crippen molar-refractivity contribution in [3.8, 4) is 5.69 Å². The van der Waals surface area contributed by atoms with Gasteiger partial charge in [0.05, 0.1) is 10.7 Å². The van der Waals surface area contributed by atoms with Crippen LogP contribution in [0, 0.1) is 12.7 Å². The predicted molar refractivity (Wildman–Crippen MR) is 61.1 cm³/mol. The van der Waals surface area contributed by atoms with E-state index in [-0.39, 0.29) is 22.2 Å². The van der Waals surface area contributed by atoms with Crippen LogP contribution in [0.5, 0.6) is 0 Å². The summed E-state index contributed by atoms with van der Waals surface area (Å²) < 4.78 is 14.9. The molecule has 0 spiro atoms. The van der Waals surface area contributed by atoms with E-state index in [1.807, 2.05) is 0 Å². The van der Waals surface area contributed by atoms with Crippen molar-refractivity contribution in [2.45, 2.75) is 13.8 Å². The first-order chi connectivity index (χ1) is 8.02. The zero-order valence-corrected chi connectivity index (χ0v) is 9.99. The van der Waals surface area contributed by atoms with Crippen molar-refractivity contribution in [3.63, 3.8) is 0 Å². The number of ketones is 1. The molecule has 0 radical (unpaired) electrons. The molecule has 0 saturated heterocycles. The van der Waals surface area contributed by atoms with Gasteiger partial charge >= 0.3 is 0 Å². The summed E-state index contributed by atoms with van der Waals surface area (Å²) in [5, 5.41) is 7.68. The fraction of sp³-hybridized carbons (Fsp3) is 0.182. The van der Waals surface area contributed by atoms with E-state index in [1.165, 1.54) is 23.7 Å². The number of carbonyl (C=O) groups excluding carboxylic acids is 1. The molecule has 0 aliphatic rings. The number of hydrogen-bond donors (Lipinski definition) is 0. The van der Waals surface area contributed by atoms with Gasteiger partial charge in [0.2, 0.25) is 0 Å². The molecule has 4 nitrogen and oxygen atoms in total. The Morgan fingerprint density at radius 1 is 1.47 bits per heavy atom.